The first-order valence-electron chi connectivity index (χ1n) is 39.5. The molecule has 666 valence electrons. The highest BCUT2D eigenvalue weighted by Gasteiger charge is 2.36. The highest BCUT2D eigenvalue weighted by molar-refractivity contribution is 9.10. The first-order chi connectivity index (χ1) is 61.1. The maximum absolute atomic E-state index is 12.8. The van der Waals surface area contributed by atoms with Gasteiger partial charge in [0.05, 0.1) is 28.5 Å². The Kier molecular flexibility index (Phi) is 31.4. The monoisotopic (exact) mass is 1980 g/mol. The summed E-state index contributed by atoms with van der Waals surface area (Å²) in [4.78, 5) is 112. The Morgan fingerprint density at radius 3 is 1.05 bits per heavy atom. The molecule has 0 spiro atoms. The van der Waals surface area contributed by atoms with Crippen LogP contribution in [-0.4, -0.2) is 141 Å². The van der Waals surface area contributed by atoms with Gasteiger partial charge in [0, 0.05) is 127 Å². The number of amides is 8. The van der Waals surface area contributed by atoms with Gasteiger partial charge in [0.1, 0.15) is 79.4 Å². The molecule has 1 fully saturated rings. The normalized spacial score (nSPS) is 13.8. The van der Waals surface area contributed by atoms with E-state index in [1.807, 2.05) is 99.7 Å². The van der Waals surface area contributed by atoms with Crippen LogP contribution in [0.15, 0.2) is 211 Å². The third-order valence-corrected chi connectivity index (χ3v) is 23.3. The van der Waals surface area contributed by atoms with Crippen LogP contribution in [0, 0.1) is 0 Å². The van der Waals surface area contributed by atoms with E-state index >= 15 is 0 Å². The van der Waals surface area contributed by atoms with Gasteiger partial charge in [-0.3, -0.25) is 29.2 Å². The fourth-order valence-corrected chi connectivity index (χ4v) is 17.0. The largest absolute Gasteiger partial charge is 0.462 e. The number of rotatable bonds is 16. The van der Waals surface area contributed by atoms with Crippen molar-refractivity contribution in [3.05, 3.63) is 272 Å². The summed E-state index contributed by atoms with van der Waals surface area (Å²) < 4.78 is 50.4. The maximum Gasteiger partial charge on any atom is 0.435 e. The van der Waals surface area contributed by atoms with Crippen LogP contribution in [0.2, 0.25) is 40.2 Å². The number of carbonyl (C=O) groups excluding carboxylic acids is 8. The number of fused-ring (bicyclic) bond motifs is 4. The van der Waals surface area contributed by atoms with E-state index in [1.54, 1.807) is 112 Å². The van der Waals surface area contributed by atoms with E-state index in [4.69, 9.17) is 139 Å². The van der Waals surface area contributed by atoms with Gasteiger partial charge in [0.2, 0.25) is 0 Å². The Labute approximate surface area is 787 Å². The van der Waals surface area contributed by atoms with Crippen LogP contribution in [0.1, 0.15) is 79.0 Å². The van der Waals surface area contributed by atoms with E-state index < -0.39 is 47.2 Å². The number of anilines is 4. The molecule has 16 rings (SSSR count). The summed E-state index contributed by atoms with van der Waals surface area (Å²) in [6.07, 6.45) is 11.2. The molecular formula is C92H81BrCl8N8O18S. The molecule has 8 amide bonds. The number of benzene rings is 8. The molecule has 0 radical (unpaired) electrons. The number of nitrogens with zero attached hydrogens (tertiary/aromatic N) is 7. The van der Waals surface area contributed by atoms with Gasteiger partial charge in [-0.2, -0.15) is 0 Å². The predicted octanol–water partition coefficient (Wildman–Crippen LogP) is 26.0. The topological polar surface area (TPSA) is 279 Å². The molecule has 4 aliphatic rings. The van der Waals surface area contributed by atoms with E-state index in [0.29, 0.717) is 139 Å². The van der Waals surface area contributed by atoms with E-state index in [1.165, 1.54) is 48.9 Å². The highest BCUT2D eigenvalue weighted by Crippen LogP contribution is 2.39. The van der Waals surface area contributed by atoms with Crippen molar-refractivity contribution in [2.45, 2.75) is 72.1 Å². The summed E-state index contributed by atoms with van der Waals surface area (Å²) in [5.41, 5.74) is 13.8. The molecule has 8 heterocycles. The molecule has 12 aromatic rings. The van der Waals surface area contributed by atoms with Gasteiger partial charge in [0.25, 0.3) is 5.91 Å². The summed E-state index contributed by atoms with van der Waals surface area (Å²) in [5.74, 6) is -0.600. The molecule has 128 heavy (non-hydrogen) atoms. The van der Waals surface area contributed by atoms with E-state index in [-0.39, 0.29) is 44.8 Å². The van der Waals surface area contributed by atoms with Crippen LogP contribution in [-0.2, 0) is 59.7 Å². The van der Waals surface area contributed by atoms with Crippen molar-refractivity contribution in [2.24, 2.45) is 0 Å². The van der Waals surface area contributed by atoms with Crippen LogP contribution in [0.5, 0.6) is 0 Å². The highest BCUT2D eigenvalue weighted by atomic mass is 79.9. The summed E-state index contributed by atoms with van der Waals surface area (Å²) in [6.45, 7) is 9.19. The lowest BCUT2D eigenvalue weighted by Gasteiger charge is -2.29. The minimum Gasteiger partial charge on any atom is -0.462 e. The zero-order valence-electron chi connectivity index (χ0n) is 69.6. The van der Waals surface area contributed by atoms with Crippen molar-refractivity contribution in [1.82, 2.24) is 20.2 Å². The third-order valence-electron chi connectivity index (χ3n) is 20.2. The molecule has 0 aliphatic carbocycles. The maximum atomic E-state index is 12.8. The smallest absolute Gasteiger partial charge is 0.435 e. The zero-order valence-corrected chi connectivity index (χ0v) is 78.0. The van der Waals surface area contributed by atoms with Crippen molar-refractivity contribution in [3.8, 4) is 0 Å². The third kappa shape index (κ3) is 24.5. The molecule has 4 aliphatic heterocycles. The number of halogens is 9. The SMILES string of the molecule is CN(C(=O)OCc1cc(Cl)cc(Cl)c1)c1coc2ccc(Br)cc12.CN(C(=O)OCc1cc(Cl)cc(Cl)c1)c1coc2ccc(C3=CCN(C(=O)OC(C)(C)C)CC3)cc12.CN(C(=O)OCc1cc(Cl)cc(Cl)c1)c1coc2ccc(C3=CCN(C(=O)ON4C(=O)CSC4=O)CC3)cc12.CN(C(=O)OCc1cc(Cl)cc(Cl)c1)c1coc2ccc(C3=CCNCC3)cc12. The Morgan fingerprint density at radius 1 is 0.430 bits per heavy atom. The Bertz CT molecular complexity index is 6250. The summed E-state index contributed by atoms with van der Waals surface area (Å²) in [5, 5.41) is 10.2. The van der Waals surface area contributed by atoms with Gasteiger partial charge in [-0.05, 0) is 230 Å². The first kappa shape index (κ1) is 94.6. The van der Waals surface area contributed by atoms with Gasteiger partial charge >= 0.3 is 41.8 Å². The summed E-state index contributed by atoms with van der Waals surface area (Å²) in [6, 6.07) is 43.1. The van der Waals surface area contributed by atoms with E-state index in [2.05, 4.69) is 33.4 Å². The number of nitrogens with one attached hydrogen (secondary N) is 1. The molecule has 0 saturated carbocycles. The Balaban J connectivity index is 0.000000148. The molecule has 36 heteroatoms. The lowest BCUT2D eigenvalue weighted by Crippen LogP contribution is -2.41. The van der Waals surface area contributed by atoms with Crippen LogP contribution in [0.25, 0.3) is 60.6 Å². The lowest BCUT2D eigenvalue weighted by molar-refractivity contribution is -0.149. The van der Waals surface area contributed by atoms with Gasteiger partial charge in [-0.1, -0.05) is 162 Å². The van der Waals surface area contributed by atoms with Gasteiger partial charge in [0.15, 0.2) is 0 Å². The standard InChI is InChI=1S/C27H28Cl2N2O5.C26H21Cl2N3O7S.C22H20Cl2N2O3.C17H12BrCl2NO3/c1-27(2,3)36-26(33)31-9-7-18(8-10-31)19-5-6-24-22(13-19)23(16-34-24)30(4)25(32)35-15-17-11-20(28)14-21(29)12-17;1-29(24(33)37-12-15-8-18(27)11-19(28)9-15)21-13-36-22-3-2-17(10-20(21)22)16-4-6-30(7-5-16)25(34)38-31-23(32)14-39-26(31)35;1-26(22(27)29-12-14-8-17(23)11-18(24)9-14)20-13-28-21-3-2-16(10-19(20)21)15-4-6-25-7-5-15;1-21(15-9-23-16-3-2-11(18)6-14(15)16)17(22)24-8-10-4-12(19)7-13(20)5-10/h5-7,11-14,16H,8-10,15H2,1-4H3;2-4,8-11,13H,5-7,12,14H2,1H3;2-4,8-11,13,25H,5-7,12H2,1H3;2-7,9H,8H2,1H3. The summed E-state index contributed by atoms with van der Waals surface area (Å²) in [7, 11) is 6.50. The van der Waals surface area contributed by atoms with Crippen LogP contribution in [0.4, 0.5) is 56.3 Å². The Morgan fingerprint density at radius 2 is 0.750 bits per heavy atom. The summed E-state index contributed by atoms with van der Waals surface area (Å²) >= 11 is 52.2. The molecule has 1 N–H and O–H groups in total. The minimum absolute atomic E-state index is 0.00474. The van der Waals surface area contributed by atoms with Crippen molar-refractivity contribution >= 4 is 252 Å². The second-order valence-corrected chi connectivity index (χ2v) is 35.8. The number of imide groups is 1. The van der Waals surface area contributed by atoms with Crippen LogP contribution >= 0.6 is 120 Å². The number of carbonyl (C=O) groups is 8. The Hall–Kier alpha value is -11.0. The van der Waals surface area contributed by atoms with Crippen LogP contribution in [0.3, 0.4) is 0 Å². The predicted molar refractivity (Wildman–Crippen MR) is 504 cm³/mol. The molecular weight excluding hydrogens is 1900 g/mol. The number of furan rings is 4. The van der Waals surface area contributed by atoms with Gasteiger partial charge in [-0.25, -0.2) is 28.8 Å². The number of thioether (sulfide) groups is 1. The lowest BCUT2D eigenvalue weighted by atomic mass is 9.98. The second-order valence-electron chi connectivity index (χ2n) is 30.4. The average molecular weight is 1980 g/mol. The number of hydrogen-bond acceptors (Lipinski definition) is 20. The molecule has 8 aromatic carbocycles. The van der Waals surface area contributed by atoms with E-state index in [9.17, 15) is 38.4 Å². The number of ether oxygens (including phenoxy) is 5. The quantitative estimate of drug-likeness (QED) is 0.0880. The van der Waals surface area contributed by atoms with Crippen molar-refractivity contribution in [2.75, 3.05) is 92.8 Å². The fourth-order valence-electron chi connectivity index (χ4n) is 13.8. The minimum atomic E-state index is -0.762. The van der Waals surface area contributed by atoms with E-state index in [0.717, 1.165) is 90.9 Å². The molecule has 0 atom stereocenters. The zero-order chi connectivity index (χ0) is 91.4. The number of hydroxylamine groups is 2. The average Bonchev–Trinajstić information content (AvgIpc) is 1.64. The van der Waals surface area contributed by atoms with Gasteiger partial charge < -0.3 is 61.3 Å². The molecule has 0 bridgehead atoms. The number of hydrogen-bond donors (Lipinski definition) is 1. The van der Waals surface area contributed by atoms with Crippen LogP contribution < -0.4 is 24.9 Å². The first-order valence-corrected chi connectivity index (χ1v) is 44.3. The fraction of sp³-hybridized carbons (Fsp3) is 0.239. The van der Waals surface area contributed by atoms with Gasteiger partial charge in [-0.15, -0.1) is 0 Å². The molecule has 0 unspecified atom stereocenters. The van der Waals surface area contributed by atoms with Crippen molar-refractivity contribution in [1.29, 1.82) is 0 Å². The second kappa shape index (κ2) is 42.5. The van der Waals surface area contributed by atoms with Crippen molar-refractivity contribution < 1.29 is 84.5 Å². The molecule has 1 saturated heterocycles. The molecule has 26 nitrogen and oxygen atoms in total. The van der Waals surface area contributed by atoms with Crippen molar-refractivity contribution in [3.63, 3.8) is 0 Å². The molecule has 4 aromatic heterocycles.